The van der Waals surface area contributed by atoms with Gasteiger partial charge in [0.1, 0.15) is 17.6 Å². The van der Waals surface area contributed by atoms with Crippen molar-refractivity contribution >= 4 is 17.3 Å². The number of rotatable bonds is 3. The lowest BCUT2D eigenvalue weighted by Gasteiger charge is -2.15. The van der Waals surface area contributed by atoms with Crippen LogP contribution in [-0.4, -0.2) is 13.0 Å². The molecule has 1 heterocycles. The first-order valence-electron chi connectivity index (χ1n) is 6.19. The molecule has 0 radical (unpaired) electrons. The number of benzene rings is 2. The highest BCUT2D eigenvalue weighted by Gasteiger charge is 2.31. The van der Waals surface area contributed by atoms with Crippen molar-refractivity contribution < 1.29 is 13.9 Å². The van der Waals surface area contributed by atoms with Crippen LogP contribution in [-0.2, 0) is 4.79 Å². The minimum absolute atomic E-state index is 0.212. The molecule has 1 amide bonds. The number of halogens is 1. The van der Waals surface area contributed by atoms with E-state index in [1.165, 1.54) is 12.1 Å². The van der Waals surface area contributed by atoms with Crippen LogP contribution in [0.15, 0.2) is 42.5 Å². The first kappa shape index (κ1) is 12.5. The Morgan fingerprint density at radius 3 is 2.85 bits per heavy atom. The zero-order valence-electron chi connectivity index (χ0n) is 10.8. The third-order valence-electron chi connectivity index (χ3n) is 3.25. The van der Waals surface area contributed by atoms with E-state index in [-0.39, 0.29) is 11.7 Å². The molecule has 1 atom stereocenters. The number of hydrogen-bond acceptors (Lipinski definition) is 3. The summed E-state index contributed by atoms with van der Waals surface area (Å²) in [5, 5.41) is 5.79. The van der Waals surface area contributed by atoms with Gasteiger partial charge < -0.3 is 15.4 Å². The van der Waals surface area contributed by atoms with E-state index >= 15 is 0 Å². The average molecular weight is 272 g/mol. The van der Waals surface area contributed by atoms with Gasteiger partial charge in [-0.3, -0.25) is 4.79 Å². The molecular formula is C15H13FN2O2. The highest BCUT2D eigenvalue weighted by molar-refractivity contribution is 6.04. The van der Waals surface area contributed by atoms with Crippen LogP contribution in [0.4, 0.5) is 15.8 Å². The van der Waals surface area contributed by atoms with Crippen molar-refractivity contribution in [2.75, 3.05) is 17.7 Å². The molecule has 0 spiro atoms. The fourth-order valence-corrected chi connectivity index (χ4v) is 2.30. The number of fused-ring (bicyclic) bond motifs is 1. The molecule has 0 bridgehead atoms. The monoisotopic (exact) mass is 272 g/mol. The molecule has 20 heavy (non-hydrogen) atoms. The van der Waals surface area contributed by atoms with Crippen LogP contribution in [0.5, 0.6) is 5.75 Å². The molecule has 2 aromatic carbocycles. The van der Waals surface area contributed by atoms with Gasteiger partial charge in [0.05, 0.1) is 12.8 Å². The fourth-order valence-electron chi connectivity index (χ4n) is 2.30. The summed E-state index contributed by atoms with van der Waals surface area (Å²) in [7, 11) is 1.57. The quantitative estimate of drug-likeness (QED) is 0.903. The summed E-state index contributed by atoms with van der Waals surface area (Å²) < 4.78 is 18.4. The van der Waals surface area contributed by atoms with Crippen LogP contribution in [0.2, 0.25) is 0 Å². The standard InChI is InChI=1S/C15H13FN2O2/c1-20-13-5-3-2-4-11(13)17-14-10-7-6-9(16)8-12(10)18-15(14)19/h2-8,14,17H,1H3,(H,18,19). The van der Waals surface area contributed by atoms with Crippen molar-refractivity contribution in [1.29, 1.82) is 0 Å². The van der Waals surface area contributed by atoms with Crippen LogP contribution in [0, 0.1) is 5.82 Å². The Morgan fingerprint density at radius 1 is 1.25 bits per heavy atom. The van der Waals surface area contributed by atoms with Crippen molar-refractivity contribution in [2.24, 2.45) is 0 Å². The van der Waals surface area contributed by atoms with Gasteiger partial charge in [0.2, 0.25) is 0 Å². The van der Waals surface area contributed by atoms with Gasteiger partial charge in [-0.2, -0.15) is 0 Å². The third kappa shape index (κ3) is 2.07. The fraction of sp³-hybridized carbons (Fsp3) is 0.133. The number of carbonyl (C=O) groups excluding carboxylic acids is 1. The molecule has 4 nitrogen and oxygen atoms in total. The van der Waals surface area contributed by atoms with E-state index in [9.17, 15) is 9.18 Å². The predicted molar refractivity (Wildman–Crippen MR) is 74.4 cm³/mol. The molecule has 0 saturated heterocycles. The molecule has 1 aliphatic rings. The summed E-state index contributed by atoms with van der Waals surface area (Å²) in [5.41, 5.74) is 1.94. The number of para-hydroxylation sites is 2. The summed E-state index contributed by atoms with van der Waals surface area (Å²) in [4.78, 5) is 12.0. The molecule has 1 aliphatic heterocycles. The maximum Gasteiger partial charge on any atom is 0.251 e. The zero-order chi connectivity index (χ0) is 14.1. The number of carbonyl (C=O) groups is 1. The minimum Gasteiger partial charge on any atom is -0.495 e. The first-order valence-corrected chi connectivity index (χ1v) is 6.19. The van der Waals surface area contributed by atoms with E-state index in [2.05, 4.69) is 10.6 Å². The first-order chi connectivity index (χ1) is 9.69. The van der Waals surface area contributed by atoms with Crippen LogP contribution < -0.4 is 15.4 Å². The van der Waals surface area contributed by atoms with Gasteiger partial charge in [-0.05, 0) is 24.3 Å². The number of nitrogens with one attached hydrogen (secondary N) is 2. The van der Waals surface area contributed by atoms with Crippen molar-refractivity contribution in [2.45, 2.75) is 6.04 Å². The van der Waals surface area contributed by atoms with E-state index in [1.807, 2.05) is 18.2 Å². The van der Waals surface area contributed by atoms with Crippen molar-refractivity contribution in [3.8, 4) is 5.75 Å². The Hall–Kier alpha value is -2.56. The van der Waals surface area contributed by atoms with E-state index in [0.29, 0.717) is 17.1 Å². The Morgan fingerprint density at radius 2 is 2.05 bits per heavy atom. The molecular weight excluding hydrogens is 259 g/mol. The molecule has 0 aromatic heterocycles. The predicted octanol–water partition coefficient (Wildman–Crippen LogP) is 2.94. The van der Waals surface area contributed by atoms with E-state index in [4.69, 9.17) is 4.74 Å². The topological polar surface area (TPSA) is 50.4 Å². The van der Waals surface area contributed by atoms with Crippen molar-refractivity contribution in [1.82, 2.24) is 0 Å². The Labute approximate surface area is 115 Å². The van der Waals surface area contributed by atoms with Crippen LogP contribution >= 0.6 is 0 Å². The van der Waals surface area contributed by atoms with E-state index < -0.39 is 6.04 Å². The summed E-state index contributed by atoms with van der Waals surface area (Å²) in [5.74, 6) is 0.0642. The Balaban J connectivity index is 1.94. The van der Waals surface area contributed by atoms with E-state index in [1.54, 1.807) is 19.2 Å². The summed E-state index contributed by atoms with van der Waals surface area (Å²) in [6.45, 7) is 0. The smallest absolute Gasteiger partial charge is 0.251 e. The van der Waals surface area contributed by atoms with Gasteiger partial charge in [-0.1, -0.05) is 18.2 Å². The van der Waals surface area contributed by atoms with Gasteiger partial charge in [0, 0.05) is 11.3 Å². The average Bonchev–Trinajstić information content (AvgIpc) is 2.75. The largest absolute Gasteiger partial charge is 0.495 e. The van der Waals surface area contributed by atoms with Gasteiger partial charge in [-0.25, -0.2) is 4.39 Å². The molecule has 1 unspecified atom stereocenters. The van der Waals surface area contributed by atoms with Crippen molar-refractivity contribution in [3.05, 3.63) is 53.8 Å². The van der Waals surface area contributed by atoms with Gasteiger partial charge in [-0.15, -0.1) is 0 Å². The van der Waals surface area contributed by atoms with Gasteiger partial charge in [0.15, 0.2) is 0 Å². The molecule has 2 aromatic rings. The number of amides is 1. The van der Waals surface area contributed by atoms with Gasteiger partial charge >= 0.3 is 0 Å². The van der Waals surface area contributed by atoms with E-state index in [0.717, 1.165) is 5.56 Å². The highest BCUT2D eigenvalue weighted by atomic mass is 19.1. The summed E-state index contributed by atoms with van der Waals surface area (Å²) in [6, 6.07) is 11.0. The lowest BCUT2D eigenvalue weighted by Crippen LogP contribution is -2.19. The second-order valence-electron chi connectivity index (χ2n) is 4.50. The van der Waals surface area contributed by atoms with Crippen LogP contribution in [0.1, 0.15) is 11.6 Å². The Bertz CT molecular complexity index is 673. The van der Waals surface area contributed by atoms with Crippen LogP contribution in [0.3, 0.4) is 0 Å². The Kier molecular flexibility index (Phi) is 3.02. The lowest BCUT2D eigenvalue weighted by molar-refractivity contribution is -0.116. The normalized spacial score (nSPS) is 16.5. The number of ether oxygens (including phenoxy) is 1. The van der Waals surface area contributed by atoms with Crippen LogP contribution in [0.25, 0.3) is 0 Å². The molecule has 3 rings (SSSR count). The maximum atomic E-state index is 13.2. The third-order valence-corrected chi connectivity index (χ3v) is 3.25. The molecule has 0 saturated carbocycles. The SMILES string of the molecule is COc1ccccc1NC1C(=O)Nc2cc(F)ccc21. The summed E-state index contributed by atoms with van der Waals surface area (Å²) in [6.07, 6.45) is 0. The van der Waals surface area contributed by atoms with Gasteiger partial charge in [0.25, 0.3) is 5.91 Å². The minimum atomic E-state index is -0.554. The second kappa shape index (κ2) is 4.85. The number of anilines is 2. The summed E-state index contributed by atoms with van der Waals surface area (Å²) >= 11 is 0. The molecule has 0 fully saturated rings. The highest BCUT2D eigenvalue weighted by Crippen LogP contribution is 2.35. The second-order valence-corrected chi connectivity index (χ2v) is 4.50. The maximum absolute atomic E-state index is 13.2. The number of methoxy groups -OCH3 is 1. The molecule has 102 valence electrons. The molecule has 2 N–H and O–H groups in total. The molecule has 5 heteroatoms. The molecule has 0 aliphatic carbocycles. The van der Waals surface area contributed by atoms with Crippen molar-refractivity contribution in [3.63, 3.8) is 0 Å². The zero-order valence-corrected chi connectivity index (χ0v) is 10.8. The lowest BCUT2D eigenvalue weighted by atomic mass is 10.1. The number of hydrogen-bond donors (Lipinski definition) is 2.